The van der Waals surface area contributed by atoms with Gasteiger partial charge in [-0.25, -0.2) is 14.6 Å². The molecule has 0 fully saturated rings. The van der Waals surface area contributed by atoms with Gasteiger partial charge in [-0.2, -0.15) is 5.10 Å². The van der Waals surface area contributed by atoms with Crippen molar-refractivity contribution >= 4 is 5.91 Å². The zero-order valence-corrected chi connectivity index (χ0v) is 13.6. The molecule has 122 valence electrons. The average molecular weight is 322 g/mol. The molecule has 0 aliphatic rings. The molecule has 0 bridgehead atoms. The molecule has 0 spiro atoms. The first-order valence-electron chi connectivity index (χ1n) is 7.67. The maximum absolute atomic E-state index is 12.0. The molecule has 0 aromatic carbocycles. The molecule has 0 aliphatic heterocycles. The van der Waals surface area contributed by atoms with E-state index in [2.05, 4.69) is 25.4 Å². The number of aromatic nitrogens is 5. The van der Waals surface area contributed by atoms with Crippen LogP contribution >= 0.6 is 0 Å². The van der Waals surface area contributed by atoms with Crippen LogP contribution in [0.2, 0.25) is 0 Å². The number of carbonyl (C=O) groups is 1. The van der Waals surface area contributed by atoms with Crippen molar-refractivity contribution in [2.45, 2.75) is 20.3 Å². The number of amides is 1. The SMILES string of the molecule is Cc1nn(-c2ccccn2)c(C)c1CCNC(=O)c1cnccn1. The molecular weight excluding hydrogens is 304 g/mol. The largest absolute Gasteiger partial charge is 0.350 e. The first-order chi connectivity index (χ1) is 11.7. The molecule has 1 N–H and O–H groups in total. The lowest BCUT2D eigenvalue weighted by Crippen LogP contribution is -2.26. The summed E-state index contributed by atoms with van der Waals surface area (Å²) in [5, 5.41) is 7.41. The van der Waals surface area contributed by atoms with Crippen molar-refractivity contribution in [3.63, 3.8) is 0 Å². The van der Waals surface area contributed by atoms with Gasteiger partial charge in [0.2, 0.25) is 0 Å². The van der Waals surface area contributed by atoms with Crippen LogP contribution in [0.4, 0.5) is 0 Å². The van der Waals surface area contributed by atoms with Crippen LogP contribution in [0.1, 0.15) is 27.4 Å². The number of pyridine rings is 1. The summed E-state index contributed by atoms with van der Waals surface area (Å²) in [6.45, 7) is 4.48. The summed E-state index contributed by atoms with van der Waals surface area (Å²) in [5.41, 5.74) is 3.39. The second-order valence-corrected chi connectivity index (χ2v) is 5.35. The Kier molecular flexibility index (Phi) is 4.60. The zero-order valence-electron chi connectivity index (χ0n) is 13.6. The maximum Gasteiger partial charge on any atom is 0.271 e. The number of aryl methyl sites for hydroxylation is 1. The van der Waals surface area contributed by atoms with Crippen molar-refractivity contribution in [2.24, 2.45) is 0 Å². The van der Waals surface area contributed by atoms with E-state index < -0.39 is 0 Å². The number of carbonyl (C=O) groups excluding carboxylic acids is 1. The second kappa shape index (κ2) is 6.99. The van der Waals surface area contributed by atoms with Crippen molar-refractivity contribution < 1.29 is 4.79 Å². The number of hydrogen-bond acceptors (Lipinski definition) is 5. The summed E-state index contributed by atoms with van der Waals surface area (Å²) in [6.07, 6.45) is 6.92. The normalized spacial score (nSPS) is 10.6. The van der Waals surface area contributed by atoms with Gasteiger partial charge in [0.15, 0.2) is 5.82 Å². The highest BCUT2D eigenvalue weighted by atomic mass is 16.1. The van der Waals surface area contributed by atoms with Gasteiger partial charge in [-0.3, -0.25) is 9.78 Å². The summed E-state index contributed by atoms with van der Waals surface area (Å²) >= 11 is 0. The highest BCUT2D eigenvalue weighted by molar-refractivity contribution is 5.91. The monoisotopic (exact) mass is 322 g/mol. The van der Waals surface area contributed by atoms with Crippen molar-refractivity contribution in [1.29, 1.82) is 0 Å². The third kappa shape index (κ3) is 3.29. The van der Waals surface area contributed by atoms with Crippen molar-refractivity contribution in [2.75, 3.05) is 6.54 Å². The summed E-state index contributed by atoms with van der Waals surface area (Å²) < 4.78 is 1.83. The van der Waals surface area contributed by atoms with Crippen LogP contribution in [0, 0.1) is 13.8 Å². The van der Waals surface area contributed by atoms with E-state index in [9.17, 15) is 4.79 Å². The lowest BCUT2D eigenvalue weighted by atomic mass is 10.1. The van der Waals surface area contributed by atoms with Crippen LogP contribution in [0.15, 0.2) is 43.0 Å². The molecule has 3 heterocycles. The van der Waals surface area contributed by atoms with E-state index in [4.69, 9.17) is 0 Å². The van der Waals surface area contributed by atoms with Gasteiger partial charge in [-0.15, -0.1) is 0 Å². The van der Waals surface area contributed by atoms with E-state index in [1.165, 1.54) is 18.6 Å². The van der Waals surface area contributed by atoms with Gasteiger partial charge in [0.05, 0.1) is 11.9 Å². The Morgan fingerprint density at radius 3 is 2.75 bits per heavy atom. The highest BCUT2D eigenvalue weighted by Crippen LogP contribution is 2.16. The molecule has 3 aromatic rings. The fraction of sp³-hybridized carbons (Fsp3) is 0.235. The van der Waals surface area contributed by atoms with E-state index in [1.807, 2.05) is 36.7 Å². The van der Waals surface area contributed by atoms with Crippen LogP contribution < -0.4 is 5.32 Å². The average Bonchev–Trinajstić information content (AvgIpc) is 2.91. The molecule has 3 rings (SSSR count). The van der Waals surface area contributed by atoms with Gasteiger partial charge in [0.25, 0.3) is 5.91 Å². The minimum absolute atomic E-state index is 0.226. The Labute approximate surface area is 139 Å². The zero-order chi connectivity index (χ0) is 16.9. The number of hydrogen-bond donors (Lipinski definition) is 1. The Morgan fingerprint density at radius 1 is 1.17 bits per heavy atom. The number of nitrogens with one attached hydrogen (secondary N) is 1. The topological polar surface area (TPSA) is 85.6 Å². The molecule has 0 unspecified atom stereocenters. The maximum atomic E-state index is 12.0. The molecule has 7 heteroatoms. The molecule has 0 radical (unpaired) electrons. The fourth-order valence-corrected chi connectivity index (χ4v) is 2.55. The summed E-state index contributed by atoms with van der Waals surface area (Å²) in [4.78, 5) is 24.2. The van der Waals surface area contributed by atoms with Crippen LogP contribution in [0.5, 0.6) is 0 Å². The minimum Gasteiger partial charge on any atom is -0.350 e. The standard InChI is InChI=1S/C17H18N6O/c1-12-14(6-8-21-17(24)15-11-18-9-10-19-15)13(2)23(22-12)16-5-3-4-7-20-16/h3-5,7,9-11H,6,8H2,1-2H3,(H,21,24). The Bertz CT molecular complexity index is 829. The van der Waals surface area contributed by atoms with E-state index in [0.29, 0.717) is 18.7 Å². The Hall–Kier alpha value is -3.09. The quantitative estimate of drug-likeness (QED) is 0.772. The molecule has 1 amide bonds. The highest BCUT2D eigenvalue weighted by Gasteiger charge is 2.14. The van der Waals surface area contributed by atoms with Gasteiger partial charge in [0.1, 0.15) is 5.69 Å². The van der Waals surface area contributed by atoms with Gasteiger partial charge in [0, 0.05) is 30.8 Å². The third-order valence-corrected chi connectivity index (χ3v) is 3.76. The molecule has 0 aliphatic carbocycles. The molecule has 0 saturated carbocycles. The second-order valence-electron chi connectivity index (χ2n) is 5.35. The minimum atomic E-state index is -0.226. The van der Waals surface area contributed by atoms with Gasteiger partial charge < -0.3 is 5.32 Å². The van der Waals surface area contributed by atoms with Crippen LogP contribution in [0.3, 0.4) is 0 Å². The first-order valence-corrected chi connectivity index (χ1v) is 7.67. The summed E-state index contributed by atoms with van der Waals surface area (Å²) in [7, 11) is 0. The van der Waals surface area contributed by atoms with Gasteiger partial charge in [-0.05, 0) is 38.0 Å². The van der Waals surface area contributed by atoms with E-state index in [1.54, 1.807) is 6.20 Å². The third-order valence-electron chi connectivity index (χ3n) is 3.76. The van der Waals surface area contributed by atoms with Crippen LogP contribution in [-0.2, 0) is 6.42 Å². The predicted octanol–water partition coefficient (Wildman–Crippen LogP) is 1.65. The fourth-order valence-electron chi connectivity index (χ4n) is 2.55. The lowest BCUT2D eigenvalue weighted by molar-refractivity contribution is 0.0948. The van der Waals surface area contributed by atoms with Crippen molar-refractivity contribution in [3.05, 3.63) is 65.6 Å². The molecular formula is C17H18N6O. The van der Waals surface area contributed by atoms with Crippen molar-refractivity contribution in [3.8, 4) is 5.82 Å². The molecule has 7 nitrogen and oxygen atoms in total. The van der Waals surface area contributed by atoms with E-state index >= 15 is 0 Å². The van der Waals surface area contributed by atoms with Crippen LogP contribution in [-0.4, -0.2) is 37.2 Å². The number of rotatable bonds is 5. The van der Waals surface area contributed by atoms with E-state index in [-0.39, 0.29) is 5.91 Å². The van der Waals surface area contributed by atoms with Crippen molar-refractivity contribution in [1.82, 2.24) is 30.0 Å². The number of nitrogens with zero attached hydrogens (tertiary/aromatic N) is 5. The Morgan fingerprint density at radius 2 is 2.04 bits per heavy atom. The summed E-state index contributed by atoms with van der Waals surface area (Å²) in [5.74, 6) is 0.559. The smallest absolute Gasteiger partial charge is 0.271 e. The summed E-state index contributed by atoms with van der Waals surface area (Å²) in [6, 6.07) is 5.72. The van der Waals surface area contributed by atoms with Gasteiger partial charge >= 0.3 is 0 Å². The van der Waals surface area contributed by atoms with E-state index in [0.717, 1.165) is 22.8 Å². The van der Waals surface area contributed by atoms with Gasteiger partial charge in [-0.1, -0.05) is 6.07 Å². The first kappa shape index (κ1) is 15.8. The molecule has 0 atom stereocenters. The molecule has 24 heavy (non-hydrogen) atoms. The Balaban J connectivity index is 1.68. The predicted molar refractivity (Wildman–Crippen MR) is 88.9 cm³/mol. The molecule has 0 saturated heterocycles. The lowest BCUT2D eigenvalue weighted by Gasteiger charge is -2.06. The molecule has 3 aromatic heterocycles. The van der Waals surface area contributed by atoms with Crippen LogP contribution in [0.25, 0.3) is 5.82 Å².